The highest BCUT2D eigenvalue weighted by Crippen LogP contribution is 2.29. The van der Waals surface area contributed by atoms with Crippen molar-refractivity contribution >= 4 is 29.4 Å². The van der Waals surface area contributed by atoms with Crippen LogP contribution in [0.1, 0.15) is 32.3 Å². The number of hydrogen-bond acceptors (Lipinski definition) is 7. The molecule has 0 aromatic heterocycles. The third kappa shape index (κ3) is 8.27. The molecule has 36 heavy (non-hydrogen) atoms. The van der Waals surface area contributed by atoms with Gasteiger partial charge in [0.15, 0.2) is 6.29 Å². The molecule has 0 spiro atoms. The Morgan fingerprint density at radius 3 is 2.36 bits per heavy atom. The first kappa shape index (κ1) is 27.5. The number of aliphatic hydroxyl groups is 1. The average molecular weight is 520 g/mol. The summed E-state index contributed by atoms with van der Waals surface area (Å²) in [5, 5.41) is 13.4. The first-order valence-electron chi connectivity index (χ1n) is 11.8. The van der Waals surface area contributed by atoms with E-state index in [0.29, 0.717) is 16.6 Å². The summed E-state index contributed by atoms with van der Waals surface area (Å²) in [6.45, 7) is 4.26. The number of nitrogens with zero attached hydrogens (tertiary/aromatic N) is 1. The van der Waals surface area contributed by atoms with Crippen LogP contribution in [0.3, 0.4) is 0 Å². The average Bonchev–Trinajstić information content (AvgIpc) is 3.71. The Kier molecular flexibility index (Phi) is 10.2. The minimum Gasteiger partial charge on any atom is -0.493 e. The van der Waals surface area contributed by atoms with E-state index in [1.165, 1.54) is 20.0 Å². The predicted molar refractivity (Wildman–Crippen MR) is 137 cm³/mol. The van der Waals surface area contributed by atoms with E-state index in [2.05, 4.69) is 21.7 Å². The first-order chi connectivity index (χ1) is 17.3. The Labute approximate surface area is 216 Å². The molecule has 1 fully saturated rings. The number of methoxy groups -OCH3 is 1. The number of anilines is 1. The monoisotopic (exact) mass is 519 g/mol. The molecule has 1 unspecified atom stereocenters. The van der Waals surface area contributed by atoms with Crippen molar-refractivity contribution in [3.05, 3.63) is 59.1 Å². The molecule has 0 heterocycles. The van der Waals surface area contributed by atoms with E-state index in [0.717, 1.165) is 22.8 Å². The van der Waals surface area contributed by atoms with Gasteiger partial charge in [0.05, 0.1) is 12.3 Å². The number of ether oxygens (including phenoxy) is 2. The molecule has 5 N–H and O–H groups in total. The van der Waals surface area contributed by atoms with Crippen LogP contribution in [-0.2, 0) is 11.3 Å². The topological polar surface area (TPSA) is 124 Å². The van der Waals surface area contributed by atoms with Crippen molar-refractivity contribution in [3.8, 4) is 5.75 Å². The molecule has 10 nitrogen and oxygen atoms in total. The zero-order chi connectivity index (χ0) is 26.1. The second-order valence-electron chi connectivity index (χ2n) is 8.84. The van der Waals surface area contributed by atoms with E-state index in [1.54, 1.807) is 50.2 Å². The summed E-state index contributed by atoms with van der Waals surface area (Å²) in [7, 11) is 1.35. The summed E-state index contributed by atoms with van der Waals surface area (Å²) >= 11 is 5.91. The van der Waals surface area contributed by atoms with E-state index in [4.69, 9.17) is 21.1 Å². The third-order valence-electron chi connectivity index (χ3n) is 6.07. The van der Waals surface area contributed by atoms with E-state index in [1.807, 2.05) is 12.1 Å². The van der Waals surface area contributed by atoms with Gasteiger partial charge in [0.1, 0.15) is 5.75 Å². The van der Waals surface area contributed by atoms with E-state index >= 15 is 0 Å². The van der Waals surface area contributed by atoms with Gasteiger partial charge in [-0.1, -0.05) is 30.7 Å². The molecular formula is C25H34ClN5O5. The highest BCUT2D eigenvalue weighted by Gasteiger charge is 2.33. The molecule has 1 aliphatic carbocycles. The number of imide groups is 1. The summed E-state index contributed by atoms with van der Waals surface area (Å²) in [6, 6.07) is 12.2. The van der Waals surface area contributed by atoms with Crippen molar-refractivity contribution < 1.29 is 24.2 Å². The maximum atomic E-state index is 13.0. The van der Waals surface area contributed by atoms with Crippen molar-refractivity contribution in [1.82, 2.24) is 21.2 Å². The predicted octanol–water partition coefficient (Wildman–Crippen LogP) is 3.87. The lowest BCUT2D eigenvalue weighted by Crippen LogP contribution is -2.58. The molecule has 0 aliphatic heterocycles. The number of benzene rings is 2. The fourth-order valence-corrected chi connectivity index (χ4v) is 3.49. The summed E-state index contributed by atoms with van der Waals surface area (Å²) < 4.78 is 10.7. The van der Waals surface area contributed by atoms with Crippen LogP contribution in [0.15, 0.2) is 48.5 Å². The second-order valence-corrected chi connectivity index (χ2v) is 9.28. The van der Waals surface area contributed by atoms with Crippen LogP contribution in [0.5, 0.6) is 5.75 Å². The van der Waals surface area contributed by atoms with Gasteiger partial charge in [-0.05, 0) is 67.6 Å². The van der Waals surface area contributed by atoms with Gasteiger partial charge in [0, 0.05) is 30.6 Å². The number of rotatable bonds is 12. The highest BCUT2D eigenvalue weighted by molar-refractivity contribution is 6.30. The van der Waals surface area contributed by atoms with Crippen LogP contribution in [0.2, 0.25) is 5.02 Å². The van der Waals surface area contributed by atoms with E-state index < -0.39 is 30.3 Å². The van der Waals surface area contributed by atoms with E-state index in [-0.39, 0.29) is 6.54 Å². The standard InChI is InChI=1S/C25H34ClN5O5/c1-16(23(32)35-3)17(2)31(24(33)27-14-18-6-8-20(26)9-7-18)25(34)29-30-28-21-10-12-22(13-11-21)36-15-19-4-5-19/h6-13,16-17,19,23,28,30,32H,4-5,14-15H2,1-3H3,(H,27,33)(H,29,34)/t16-,17+,23?/m1/s1. The Morgan fingerprint density at radius 2 is 1.75 bits per heavy atom. The minimum absolute atomic E-state index is 0.189. The number of carbonyl (C=O) groups excluding carboxylic acids is 2. The molecule has 2 aromatic rings. The van der Waals surface area contributed by atoms with Crippen LogP contribution >= 0.6 is 11.6 Å². The number of carbonyl (C=O) groups is 2. The molecule has 3 atom stereocenters. The fourth-order valence-electron chi connectivity index (χ4n) is 3.37. The van der Waals surface area contributed by atoms with Crippen LogP contribution in [0.4, 0.5) is 15.3 Å². The number of hydrazine groups is 2. The van der Waals surface area contributed by atoms with Gasteiger partial charge in [-0.3, -0.25) is 5.43 Å². The zero-order valence-corrected chi connectivity index (χ0v) is 21.4. The quantitative estimate of drug-likeness (QED) is 0.213. The number of aliphatic hydroxyl groups excluding tert-OH is 1. The van der Waals surface area contributed by atoms with Crippen LogP contribution < -0.4 is 26.4 Å². The van der Waals surface area contributed by atoms with Gasteiger partial charge in [-0.15, -0.1) is 5.53 Å². The Balaban J connectivity index is 1.57. The van der Waals surface area contributed by atoms with Crippen molar-refractivity contribution in [2.75, 3.05) is 19.1 Å². The Bertz CT molecular complexity index is 987. The molecule has 11 heteroatoms. The molecule has 1 aliphatic rings. The van der Waals surface area contributed by atoms with Crippen molar-refractivity contribution in [2.45, 2.75) is 45.6 Å². The Morgan fingerprint density at radius 1 is 1.08 bits per heavy atom. The largest absolute Gasteiger partial charge is 0.493 e. The molecule has 1 saturated carbocycles. The molecule has 196 valence electrons. The Hall–Kier alpha value is -3.05. The molecule has 3 rings (SSSR count). The number of urea groups is 2. The lowest BCUT2D eigenvalue weighted by molar-refractivity contribution is -0.119. The molecular weight excluding hydrogens is 486 g/mol. The first-order valence-corrected chi connectivity index (χ1v) is 12.2. The SMILES string of the molecule is COC(O)[C@H](C)[C@H](C)N(C(=O)NCc1ccc(Cl)cc1)C(=O)NNNc1ccc(OCC2CC2)cc1. The lowest BCUT2D eigenvalue weighted by atomic mass is 10.0. The number of halogens is 1. The van der Waals surface area contributed by atoms with Gasteiger partial charge in [-0.25, -0.2) is 14.5 Å². The van der Waals surface area contributed by atoms with Crippen LogP contribution in [0.25, 0.3) is 0 Å². The molecule has 0 saturated heterocycles. The van der Waals surface area contributed by atoms with Crippen LogP contribution in [-0.4, -0.2) is 48.1 Å². The normalized spacial score (nSPS) is 15.4. The van der Waals surface area contributed by atoms with Gasteiger partial charge >= 0.3 is 12.1 Å². The van der Waals surface area contributed by atoms with Gasteiger partial charge in [0.2, 0.25) is 0 Å². The lowest BCUT2D eigenvalue weighted by Gasteiger charge is -2.33. The number of hydrogen-bond donors (Lipinski definition) is 5. The molecule has 4 amide bonds. The maximum absolute atomic E-state index is 13.0. The second kappa shape index (κ2) is 13.3. The van der Waals surface area contributed by atoms with E-state index in [9.17, 15) is 14.7 Å². The molecule has 0 bridgehead atoms. The van der Waals surface area contributed by atoms with Crippen molar-refractivity contribution in [2.24, 2.45) is 11.8 Å². The number of nitrogens with one attached hydrogen (secondary N) is 4. The summed E-state index contributed by atoms with van der Waals surface area (Å²) in [6.07, 6.45) is 1.29. The highest BCUT2D eigenvalue weighted by atomic mass is 35.5. The van der Waals surface area contributed by atoms with Crippen LogP contribution in [0, 0.1) is 11.8 Å². The van der Waals surface area contributed by atoms with Gasteiger partial charge < -0.3 is 25.3 Å². The third-order valence-corrected chi connectivity index (χ3v) is 6.32. The molecule has 0 radical (unpaired) electrons. The van der Waals surface area contributed by atoms with Gasteiger partial charge in [0.25, 0.3) is 0 Å². The maximum Gasteiger partial charge on any atom is 0.341 e. The minimum atomic E-state index is -1.16. The van der Waals surface area contributed by atoms with Crippen molar-refractivity contribution in [3.63, 3.8) is 0 Å². The smallest absolute Gasteiger partial charge is 0.341 e. The fraction of sp³-hybridized carbons (Fsp3) is 0.440. The zero-order valence-electron chi connectivity index (χ0n) is 20.7. The van der Waals surface area contributed by atoms with Crippen molar-refractivity contribution in [1.29, 1.82) is 0 Å². The molecule has 2 aromatic carbocycles. The van der Waals surface area contributed by atoms with Gasteiger partial charge in [-0.2, -0.15) is 0 Å². The number of amides is 4. The summed E-state index contributed by atoms with van der Waals surface area (Å²) in [4.78, 5) is 27.0. The summed E-state index contributed by atoms with van der Waals surface area (Å²) in [5.41, 5.74) is 9.44. The summed E-state index contributed by atoms with van der Waals surface area (Å²) in [5.74, 6) is 0.888.